The topological polar surface area (TPSA) is 49.0 Å². The van der Waals surface area contributed by atoms with Gasteiger partial charge in [0, 0.05) is 29.2 Å². The molecule has 1 saturated heterocycles. The van der Waals surface area contributed by atoms with Gasteiger partial charge >= 0.3 is 0 Å². The van der Waals surface area contributed by atoms with Crippen LogP contribution in [0, 0.1) is 0 Å². The molecule has 0 aromatic carbocycles. The van der Waals surface area contributed by atoms with Crippen molar-refractivity contribution in [1.29, 1.82) is 0 Å². The van der Waals surface area contributed by atoms with Gasteiger partial charge in [-0.3, -0.25) is 0 Å². The van der Waals surface area contributed by atoms with Gasteiger partial charge in [-0.25, -0.2) is 4.98 Å². The molecule has 0 radical (unpaired) electrons. The number of thiophene rings is 1. The van der Waals surface area contributed by atoms with Crippen LogP contribution in [0.3, 0.4) is 0 Å². The number of hydrogen-bond donors (Lipinski definition) is 3. The maximum atomic E-state index is 4.49. The van der Waals surface area contributed by atoms with Crippen molar-refractivity contribution < 1.29 is 0 Å². The number of hydrogen-bond acceptors (Lipinski definition) is 5. The second-order valence-electron chi connectivity index (χ2n) is 4.60. The number of nitrogens with one attached hydrogen (secondary N) is 3. The molecule has 0 bridgehead atoms. The molecule has 1 unspecified atom stereocenters. The maximum Gasteiger partial charge on any atom is 0.127 e. The van der Waals surface area contributed by atoms with E-state index in [9.17, 15) is 0 Å². The van der Waals surface area contributed by atoms with Crippen LogP contribution in [-0.4, -0.2) is 24.7 Å². The van der Waals surface area contributed by atoms with Crippen molar-refractivity contribution in [3.63, 3.8) is 0 Å². The van der Waals surface area contributed by atoms with Crippen LogP contribution >= 0.6 is 11.3 Å². The number of rotatable bonds is 1. The Morgan fingerprint density at radius 1 is 1.35 bits per heavy atom. The number of aromatic nitrogens is 1. The molecule has 1 fully saturated rings. The Balaban J connectivity index is 1.96. The molecule has 0 aliphatic carbocycles. The zero-order chi connectivity index (χ0) is 11.2. The highest BCUT2D eigenvalue weighted by Crippen LogP contribution is 2.45. The molecule has 3 N–H and O–H groups in total. The second kappa shape index (κ2) is 3.58. The third kappa shape index (κ3) is 1.36. The molecular weight excluding hydrogens is 232 g/mol. The van der Waals surface area contributed by atoms with Gasteiger partial charge < -0.3 is 16.0 Å². The number of nitrogens with zero attached hydrogens (tertiary/aromatic N) is 1. The summed E-state index contributed by atoms with van der Waals surface area (Å²) in [6.07, 6.45) is 3.14. The average Bonchev–Trinajstić information content (AvgIpc) is 2.98. The van der Waals surface area contributed by atoms with Crippen LogP contribution in [0.25, 0.3) is 10.2 Å². The number of pyridine rings is 1. The van der Waals surface area contributed by atoms with E-state index in [1.807, 2.05) is 17.5 Å². The minimum Gasteiger partial charge on any atom is -0.367 e. The molecule has 0 spiro atoms. The van der Waals surface area contributed by atoms with E-state index in [0.717, 1.165) is 24.6 Å². The Labute approximate surface area is 103 Å². The summed E-state index contributed by atoms with van der Waals surface area (Å²) in [6.45, 7) is 3.05. The molecular formula is C12H14N4S. The van der Waals surface area contributed by atoms with Crippen LogP contribution in [-0.2, 0) is 0 Å². The third-order valence-electron chi connectivity index (χ3n) is 3.59. The minimum absolute atomic E-state index is 0.655. The van der Waals surface area contributed by atoms with Gasteiger partial charge in [-0.1, -0.05) is 0 Å². The molecule has 4 heterocycles. The average molecular weight is 246 g/mol. The van der Waals surface area contributed by atoms with Crippen molar-refractivity contribution in [2.45, 2.75) is 12.3 Å². The summed E-state index contributed by atoms with van der Waals surface area (Å²) in [5.41, 5.74) is 2.54. The van der Waals surface area contributed by atoms with Crippen LogP contribution in [0.2, 0.25) is 0 Å². The highest BCUT2D eigenvalue weighted by atomic mass is 32.1. The lowest BCUT2D eigenvalue weighted by Crippen LogP contribution is -2.17. The summed E-state index contributed by atoms with van der Waals surface area (Å²) >= 11 is 1.85. The molecule has 1 atom stereocenters. The van der Waals surface area contributed by atoms with Gasteiger partial charge in [0.1, 0.15) is 4.83 Å². The van der Waals surface area contributed by atoms with Gasteiger partial charge in [0.15, 0.2) is 0 Å². The highest BCUT2D eigenvalue weighted by Gasteiger charge is 2.26. The lowest BCUT2D eigenvalue weighted by atomic mass is 10.0. The van der Waals surface area contributed by atoms with E-state index in [2.05, 4.69) is 27.0 Å². The molecule has 2 aromatic rings. The van der Waals surface area contributed by atoms with E-state index < -0.39 is 0 Å². The zero-order valence-corrected chi connectivity index (χ0v) is 10.2. The van der Waals surface area contributed by atoms with Crippen LogP contribution in [0.1, 0.15) is 17.2 Å². The largest absolute Gasteiger partial charge is 0.367 e. The van der Waals surface area contributed by atoms with Crippen molar-refractivity contribution in [2.75, 3.05) is 30.4 Å². The normalized spacial score (nSPS) is 22.5. The van der Waals surface area contributed by atoms with E-state index in [1.165, 1.54) is 28.1 Å². The van der Waals surface area contributed by atoms with Gasteiger partial charge in [-0.2, -0.15) is 0 Å². The van der Waals surface area contributed by atoms with Crippen molar-refractivity contribution in [3.05, 3.63) is 17.1 Å². The van der Waals surface area contributed by atoms with Crippen LogP contribution in [0.15, 0.2) is 12.3 Å². The first-order valence-corrected chi connectivity index (χ1v) is 6.85. The van der Waals surface area contributed by atoms with Gasteiger partial charge in [0.05, 0.1) is 17.7 Å². The van der Waals surface area contributed by atoms with E-state index in [1.54, 1.807) is 0 Å². The van der Waals surface area contributed by atoms with Crippen molar-refractivity contribution >= 4 is 32.9 Å². The molecule has 17 heavy (non-hydrogen) atoms. The van der Waals surface area contributed by atoms with Gasteiger partial charge in [0.25, 0.3) is 0 Å². The molecule has 0 amide bonds. The first-order valence-electron chi connectivity index (χ1n) is 6.03. The molecule has 4 rings (SSSR count). The Morgan fingerprint density at radius 3 is 3.24 bits per heavy atom. The summed E-state index contributed by atoms with van der Waals surface area (Å²) in [6, 6.07) is 2.07. The lowest BCUT2D eigenvalue weighted by Gasteiger charge is -2.19. The van der Waals surface area contributed by atoms with Crippen molar-refractivity contribution in [2.24, 2.45) is 0 Å². The van der Waals surface area contributed by atoms with Crippen LogP contribution < -0.4 is 16.0 Å². The van der Waals surface area contributed by atoms with Crippen LogP contribution in [0.4, 0.5) is 11.4 Å². The summed E-state index contributed by atoms with van der Waals surface area (Å²) in [5.74, 6) is 0.655. The molecule has 4 nitrogen and oxygen atoms in total. The summed E-state index contributed by atoms with van der Waals surface area (Å²) in [4.78, 5) is 7.12. The van der Waals surface area contributed by atoms with E-state index in [-0.39, 0.29) is 0 Å². The van der Waals surface area contributed by atoms with E-state index in [4.69, 9.17) is 0 Å². The van der Waals surface area contributed by atoms with Crippen molar-refractivity contribution in [1.82, 2.24) is 10.3 Å². The first-order chi connectivity index (χ1) is 8.43. The molecule has 88 valence electrons. The predicted octanol–water partition coefficient (Wildman–Crippen LogP) is 2.17. The zero-order valence-electron chi connectivity index (χ0n) is 9.42. The Kier molecular flexibility index (Phi) is 2.04. The fourth-order valence-corrected chi connectivity index (χ4v) is 4.04. The summed E-state index contributed by atoms with van der Waals surface area (Å²) < 4.78 is 0. The van der Waals surface area contributed by atoms with Gasteiger partial charge in [-0.15, -0.1) is 11.3 Å². The van der Waals surface area contributed by atoms with Crippen LogP contribution in [0.5, 0.6) is 0 Å². The SMILES string of the molecule is c1cc2c3c(c(C4CCNC4)sc3n1)NCN2. The highest BCUT2D eigenvalue weighted by molar-refractivity contribution is 7.19. The Bertz CT molecular complexity index is 571. The molecule has 5 heteroatoms. The second-order valence-corrected chi connectivity index (χ2v) is 5.63. The smallest absolute Gasteiger partial charge is 0.127 e. The first kappa shape index (κ1) is 9.67. The third-order valence-corrected chi connectivity index (χ3v) is 4.85. The standard InChI is InChI=1S/C12H14N4S/c1-3-13-5-7(1)11-10-9-8(15-6-16-10)2-4-14-12(9)17-11/h2,4,7,13,15-16H,1,3,5-6H2. The van der Waals surface area contributed by atoms with Gasteiger partial charge in [-0.05, 0) is 19.0 Å². The van der Waals surface area contributed by atoms with Crippen molar-refractivity contribution in [3.8, 4) is 0 Å². The Hall–Kier alpha value is -1.33. The number of anilines is 2. The fourth-order valence-electron chi connectivity index (χ4n) is 2.76. The lowest BCUT2D eigenvalue weighted by molar-refractivity contribution is 0.780. The maximum absolute atomic E-state index is 4.49. The fraction of sp³-hybridized carbons (Fsp3) is 0.417. The molecule has 0 saturated carbocycles. The summed E-state index contributed by atoms with van der Waals surface area (Å²) in [5, 5.41) is 11.6. The minimum atomic E-state index is 0.655. The summed E-state index contributed by atoms with van der Waals surface area (Å²) in [7, 11) is 0. The quantitative estimate of drug-likeness (QED) is 0.722. The molecule has 2 aliphatic heterocycles. The Morgan fingerprint density at radius 2 is 2.35 bits per heavy atom. The van der Waals surface area contributed by atoms with E-state index in [0.29, 0.717) is 5.92 Å². The molecule has 2 aliphatic rings. The van der Waals surface area contributed by atoms with Gasteiger partial charge in [0.2, 0.25) is 0 Å². The van der Waals surface area contributed by atoms with E-state index >= 15 is 0 Å². The predicted molar refractivity (Wildman–Crippen MR) is 72.0 cm³/mol. The molecule has 2 aromatic heterocycles. The monoisotopic (exact) mass is 246 g/mol.